The fourth-order valence-corrected chi connectivity index (χ4v) is 4.97. The van der Waals surface area contributed by atoms with E-state index < -0.39 is 6.04 Å². The van der Waals surface area contributed by atoms with Gasteiger partial charge in [0.25, 0.3) is 0 Å². The largest absolute Gasteiger partial charge is 0.351 e. The van der Waals surface area contributed by atoms with Crippen LogP contribution in [-0.2, 0) is 16.1 Å². The molecule has 0 spiro atoms. The molecule has 0 saturated heterocycles. The van der Waals surface area contributed by atoms with Gasteiger partial charge < -0.3 is 14.8 Å². The summed E-state index contributed by atoms with van der Waals surface area (Å²) in [4.78, 5) is 28.0. The van der Waals surface area contributed by atoms with Crippen molar-refractivity contribution in [2.24, 2.45) is 5.92 Å². The third kappa shape index (κ3) is 4.18. The van der Waals surface area contributed by atoms with Crippen LogP contribution in [0.1, 0.15) is 76.4 Å². The lowest BCUT2D eigenvalue weighted by Crippen LogP contribution is -2.51. The quantitative estimate of drug-likeness (QED) is 0.783. The van der Waals surface area contributed by atoms with Gasteiger partial charge in [-0.05, 0) is 75.8 Å². The number of rotatable bonds is 5. The predicted molar refractivity (Wildman–Crippen MR) is 110 cm³/mol. The fourth-order valence-electron chi connectivity index (χ4n) is 4.97. The van der Waals surface area contributed by atoms with Crippen molar-refractivity contribution in [2.45, 2.75) is 83.3 Å². The zero-order valence-electron chi connectivity index (χ0n) is 17.0. The molecule has 2 aliphatic carbocycles. The number of fused-ring (bicyclic) bond motifs is 1. The minimum atomic E-state index is -0.500. The van der Waals surface area contributed by atoms with E-state index in [0.717, 1.165) is 43.7 Å². The molecule has 0 bridgehead atoms. The number of nitrogens with one attached hydrogen (secondary N) is 1. The molecule has 1 aromatic heterocycles. The molecule has 28 heavy (non-hydrogen) atoms. The van der Waals surface area contributed by atoms with Crippen LogP contribution in [0.3, 0.4) is 0 Å². The molecule has 4 rings (SSSR count). The van der Waals surface area contributed by atoms with Gasteiger partial charge in [-0.25, -0.2) is 0 Å². The number of carbonyl (C=O) groups excluding carboxylic acids is 2. The molecule has 1 saturated carbocycles. The standard InChI is InChI=1S/C23H33N3O2/c1-17-9-11-19(12-10-17)24-23(28)22-20-8-5-14-25(20)16-21(27)26(22)15-13-18-6-3-2-4-7-18/h5-6,8,14,17,19,22H,2-4,7,9-13,15-16H2,1H3,(H,24,28)/t17?,19?,22-/m1/s1. The van der Waals surface area contributed by atoms with E-state index in [0.29, 0.717) is 13.1 Å². The van der Waals surface area contributed by atoms with E-state index in [1.165, 1.54) is 31.3 Å². The third-order valence-corrected chi connectivity index (χ3v) is 6.75. The Bertz CT molecular complexity index is 743. The molecule has 1 aliphatic heterocycles. The highest BCUT2D eigenvalue weighted by atomic mass is 16.2. The number of hydrogen-bond acceptors (Lipinski definition) is 2. The van der Waals surface area contributed by atoms with Crippen LogP contribution >= 0.6 is 0 Å². The summed E-state index contributed by atoms with van der Waals surface area (Å²) >= 11 is 0. The summed E-state index contributed by atoms with van der Waals surface area (Å²) in [5.74, 6) is 0.796. The van der Waals surface area contributed by atoms with E-state index in [1.807, 2.05) is 27.8 Å². The lowest BCUT2D eigenvalue weighted by molar-refractivity contribution is -0.144. The van der Waals surface area contributed by atoms with Gasteiger partial charge >= 0.3 is 0 Å². The van der Waals surface area contributed by atoms with Crippen LogP contribution in [0.15, 0.2) is 30.0 Å². The third-order valence-electron chi connectivity index (χ3n) is 6.75. The van der Waals surface area contributed by atoms with Crippen molar-refractivity contribution in [1.29, 1.82) is 0 Å². The Morgan fingerprint density at radius 1 is 1.21 bits per heavy atom. The van der Waals surface area contributed by atoms with E-state index >= 15 is 0 Å². The zero-order chi connectivity index (χ0) is 19.5. The maximum absolute atomic E-state index is 13.3. The number of allylic oxidation sites excluding steroid dienone is 1. The zero-order valence-corrected chi connectivity index (χ0v) is 17.0. The Balaban J connectivity index is 1.49. The van der Waals surface area contributed by atoms with Gasteiger partial charge in [0.1, 0.15) is 6.54 Å². The van der Waals surface area contributed by atoms with Gasteiger partial charge in [-0.2, -0.15) is 0 Å². The first-order valence-electron chi connectivity index (χ1n) is 11.0. The molecule has 0 radical (unpaired) electrons. The molecule has 0 unspecified atom stereocenters. The summed E-state index contributed by atoms with van der Waals surface area (Å²) in [5, 5.41) is 3.27. The van der Waals surface area contributed by atoms with Crippen LogP contribution < -0.4 is 5.32 Å². The number of aromatic nitrogens is 1. The summed E-state index contributed by atoms with van der Waals surface area (Å²) in [6.07, 6.45) is 14.4. The van der Waals surface area contributed by atoms with Crippen LogP contribution in [0.4, 0.5) is 0 Å². The van der Waals surface area contributed by atoms with Crippen molar-refractivity contribution in [3.05, 3.63) is 35.7 Å². The molecule has 152 valence electrons. The summed E-state index contributed by atoms with van der Waals surface area (Å²) in [7, 11) is 0. The lowest BCUT2D eigenvalue weighted by Gasteiger charge is -2.37. The maximum Gasteiger partial charge on any atom is 0.249 e. The van der Waals surface area contributed by atoms with Crippen LogP contribution in [0.5, 0.6) is 0 Å². The lowest BCUT2D eigenvalue weighted by atomic mass is 9.87. The van der Waals surface area contributed by atoms with Gasteiger partial charge in [0, 0.05) is 18.8 Å². The van der Waals surface area contributed by atoms with Crippen LogP contribution in [0, 0.1) is 5.92 Å². The SMILES string of the molecule is CC1CCC(NC(=O)[C@H]2c3cccn3CC(=O)N2CCC2=CCCCC2)CC1. The Kier molecular flexibility index (Phi) is 5.88. The summed E-state index contributed by atoms with van der Waals surface area (Å²) < 4.78 is 1.94. The van der Waals surface area contributed by atoms with Gasteiger partial charge in [0.05, 0.1) is 5.69 Å². The molecule has 2 amide bonds. The Morgan fingerprint density at radius 2 is 2.04 bits per heavy atom. The molecule has 1 aromatic rings. The fraction of sp³-hybridized carbons (Fsp3) is 0.652. The summed E-state index contributed by atoms with van der Waals surface area (Å²) in [6.45, 7) is 3.26. The second-order valence-electron chi connectivity index (χ2n) is 8.87. The normalized spacial score (nSPS) is 27.9. The second-order valence-corrected chi connectivity index (χ2v) is 8.87. The monoisotopic (exact) mass is 383 g/mol. The molecule has 5 heteroatoms. The molecule has 1 N–H and O–H groups in total. The van der Waals surface area contributed by atoms with Gasteiger partial charge in [-0.1, -0.05) is 18.6 Å². The number of nitrogens with zero attached hydrogens (tertiary/aromatic N) is 2. The minimum absolute atomic E-state index is 0.00910. The smallest absolute Gasteiger partial charge is 0.249 e. The highest BCUT2D eigenvalue weighted by molar-refractivity contribution is 5.90. The predicted octanol–water partition coefficient (Wildman–Crippen LogP) is 3.96. The summed E-state index contributed by atoms with van der Waals surface area (Å²) in [6, 6.07) is 3.68. The van der Waals surface area contributed by atoms with Gasteiger partial charge in [-0.15, -0.1) is 0 Å². The topological polar surface area (TPSA) is 54.3 Å². The first kappa shape index (κ1) is 19.3. The van der Waals surface area contributed by atoms with E-state index in [-0.39, 0.29) is 17.9 Å². The Hall–Kier alpha value is -2.04. The molecular weight excluding hydrogens is 350 g/mol. The van der Waals surface area contributed by atoms with Crippen LogP contribution in [0.25, 0.3) is 0 Å². The molecule has 0 aromatic carbocycles. The molecule has 1 atom stereocenters. The van der Waals surface area contributed by atoms with Gasteiger partial charge in [0.2, 0.25) is 11.8 Å². The van der Waals surface area contributed by atoms with Crippen molar-refractivity contribution < 1.29 is 9.59 Å². The van der Waals surface area contributed by atoms with E-state index in [1.54, 1.807) is 0 Å². The van der Waals surface area contributed by atoms with Crippen LogP contribution in [-0.4, -0.2) is 33.9 Å². The maximum atomic E-state index is 13.3. The van der Waals surface area contributed by atoms with Crippen molar-refractivity contribution in [3.63, 3.8) is 0 Å². The minimum Gasteiger partial charge on any atom is -0.351 e. The van der Waals surface area contributed by atoms with Crippen molar-refractivity contribution in [1.82, 2.24) is 14.8 Å². The average Bonchev–Trinajstić information content (AvgIpc) is 3.16. The molecular formula is C23H33N3O2. The Labute approximate surface area is 168 Å². The van der Waals surface area contributed by atoms with Crippen LogP contribution in [0.2, 0.25) is 0 Å². The first-order valence-corrected chi connectivity index (χ1v) is 11.0. The van der Waals surface area contributed by atoms with E-state index in [9.17, 15) is 9.59 Å². The van der Waals surface area contributed by atoms with E-state index in [4.69, 9.17) is 0 Å². The number of carbonyl (C=O) groups is 2. The highest BCUT2D eigenvalue weighted by Gasteiger charge is 2.38. The van der Waals surface area contributed by atoms with Crippen molar-refractivity contribution in [2.75, 3.05) is 6.54 Å². The second kappa shape index (κ2) is 8.54. The van der Waals surface area contributed by atoms with Crippen molar-refractivity contribution >= 4 is 11.8 Å². The number of amides is 2. The highest BCUT2D eigenvalue weighted by Crippen LogP contribution is 2.30. The molecule has 5 nitrogen and oxygen atoms in total. The Morgan fingerprint density at radius 3 is 2.79 bits per heavy atom. The molecule has 2 heterocycles. The average molecular weight is 384 g/mol. The summed E-state index contributed by atoms with van der Waals surface area (Å²) in [5.41, 5.74) is 2.39. The number of hydrogen-bond donors (Lipinski definition) is 1. The van der Waals surface area contributed by atoms with E-state index in [2.05, 4.69) is 18.3 Å². The first-order chi connectivity index (χ1) is 13.6. The van der Waals surface area contributed by atoms with Gasteiger partial charge in [0.15, 0.2) is 6.04 Å². The van der Waals surface area contributed by atoms with Crippen molar-refractivity contribution in [3.8, 4) is 0 Å². The molecule has 3 aliphatic rings. The van der Waals surface area contributed by atoms with Gasteiger partial charge in [-0.3, -0.25) is 9.59 Å². The molecule has 1 fully saturated rings.